The Bertz CT molecular complexity index is 807. The monoisotopic (exact) mass is 348 g/mol. The summed E-state index contributed by atoms with van der Waals surface area (Å²) in [5.74, 6) is 0. The van der Waals surface area contributed by atoms with Crippen LogP contribution in [0.15, 0.2) is 42.5 Å². The Kier molecular flexibility index (Phi) is 4.22. The first-order valence-electron chi connectivity index (χ1n) is 10.0. The van der Waals surface area contributed by atoms with Gasteiger partial charge in [-0.3, -0.25) is 0 Å². The summed E-state index contributed by atoms with van der Waals surface area (Å²) in [4.78, 5) is 0. The molecule has 0 aromatic heterocycles. The molecule has 0 heterocycles. The fraction of sp³-hybridized carbons (Fsp3) is 0.538. The normalized spacial score (nSPS) is 22.3. The molecule has 0 amide bonds. The van der Waals surface area contributed by atoms with E-state index in [-0.39, 0.29) is 21.7 Å². The molecule has 2 aromatic carbocycles. The van der Waals surface area contributed by atoms with Gasteiger partial charge in [0, 0.05) is 5.41 Å². The summed E-state index contributed by atoms with van der Waals surface area (Å²) in [5.41, 5.74) is 8.01. The smallest absolute Gasteiger partial charge is 0.0186 e. The lowest BCUT2D eigenvalue weighted by molar-refractivity contribution is 0.424. The first-order valence-corrected chi connectivity index (χ1v) is 10.0. The Labute approximate surface area is 161 Å². The highest BCUT2D eigenvalue weighted by Gasteiger charge is 2.46. The molecule has 0 N–H and O–H groups in total. The van der Waals surface area contributed by atoms with Gasteiger partial charge in [0.1, 0.15) is 0 Å². The molecular formula is C26H36. The van der Waals surface area contributed by atoms with E-state index in [0.29, 0.717) is 0 Å². The zero-order chi connectivity index (χ0) is 19.5. The molecule has 0 nitrogen and oxygen atoms in total. The zero-order valence-electron chi connectivity index (χ0n) is 18.2. The molecule has 0 aliphatic heterocycles. The van der Waals surface area contributed by atoms with Crippen molar-refractivity contribution in [2.75, 3.05) is 0 Å². The summed E-state index contributed by atoms with van der Waals surface area (Å²) < 4.78 is 0. The molecule has 1 unspecified atom stereocenters. The average molecular weight is 349 g/mol. The Morgan fingerprint density at radius 3 is 1.65 bits per heavy atom. The minimum absolute atomic E-state index is 0.0799. The van der Waals surface area contributed by atoms with Crippen molar-refractivity contribution in [3.05, 3.63) is 70.3 Å². The fourth-order valence-electron chi connectivity index (χ4n) is 4.73. The molecule has 0 spiro atoms. The summed E-state index contributed by atoms with van der Waals surface area (Å²) in [6.45, 7) is 21.0. The molecule has 2 aromatic rings. The second-order valence-electron chi connectivity index (χ2n) is 11.2. The van der Waals surface area contributed by atoms with Gasteiger partial charge in [0.15, 0.2) is 0 Å². The number of benzene rings is 2. The molecule has 0 heteroatoms. The minimum atomic E-state index is 0.0799. The second kappa shape index (κ2) is 5.72. The van der Waals surface area contributed by atoms with Crippen LogP contribution in [0, 0.1) is 0 Å². The van der Waals surface area contributed by atoms with Crippen molar-refractivity contribution in [1.82, 2.24) is 0 Å². The van der Waals surface area contributed by atoms with Gasteiger partial charge in [-0.2, -0.15) is 0 Å². The quantitative estimate of drug-likeness (QED) is 0.508. The summed E-state index contributed by atoms with van der Waals surface area (Å²) in [6.07, 6.45) is 1.16. The van der Waals surface area contributed by atoms with E-state index >= 15 is 0 Å². The maximum Gasteiger partial charge on any atom is 0.0186 e. The third kappa shape index (κ3) is 3.13. The average Bonchev–Trinajstić information content (AvgIpc) is 2.73. The van der Waals surface area contributed by atoms with Crippen molar-refractivity contribution in [1.29, 1.82) is 0 Å². The van der Waals surface area contributed by atoms with Crippen LogP contribution in [0.2, 0.25) is 0 Å². The molecule has 26 heavy (non-hydrogen) atoms. The van der Waals surface area contributed by atoms with Crippen LogP contribution in [0.5, 0.6) is 0 Å². The van der Waals surface area contributed by atoms with Crippen molar-refractivity contribution < 1.29 is 0 Å². The molecule has 0 fully saturated rings. The number of hydrogen-bond acceptors (Lipinski definition) is 0. The van der Waals surface area contributed by atoms with Gasteiger partial charge in [-0.15, -0.1) is 0 Å². The third-order valence-electron chi connectivity index (χ3n) is 6.39. The molecule has 0 saturated heterocycles. The highest BCUT2D eigenvalue weighted by Crippen LogP contribution is 2.53. The lowest BCUT2D eigenvalue weighted by atomic mass is 9.73. The first kappa shape index (κ1) is 19.2. The minimum Gasteiger partial charge on any atom is -0.0582 e. The van der Waals surface area contributed by atoms with Crippen molar-refractivity contribution >= 4 is 0 Å². The predicted octanol–water partition coefficient (Wildman–Crippen LogP) is 7.27. The topological polar surface area (TPSA) is 0 Å². The van der Waals surface area contributed by atoms with E-state index in [0.717, 1.165) is 6.42 Å². The summed E-state index contributed by atoms with van der Waals surface area (Å²) in [7, 11) is 0. The molecule has 0 bridgehead atoms. The molecular weight excluding hydrogens is 312 g/mol. The first-order chi connectivity index (χ1) is 11.7. The Hall–Kier alpha value is -1.56. The van der Waals surface area contributed by atoms with Gasteiger partial charge in [0.2, 0.25) is 0 Å². The number of fused-ring (bicyclic) bond motifs is 1. The molecule has 1 aliphatic carbocycles. The summed E-state index contributed by atoms with van der Waals surface area (Å²) >= 11 is 0. The molecule has 1 aliphatic rings. The number of hydrogen-bond donors (Lipinski definition) is 0. The molecule has 3 rings (SSSR count). The number of rotatable bonds is 1. The van der Waals surface area contributed by atoms with Gasteiger partial charge in [-0.1, -0.05) is 105 Å². The van der Waals surface area contributed by atoms with E-state index in [4.69, 9.17) is 0 Å². The highest BCUT2D eigenvalue weighted by molar-refractivity contribution is 5.54. The Morgan fingerprint density at radius 2 is 1.15 bits per heavy atom. The van der Waals surface area contributed by atoms with E-state index in [1.165, 1.54) is 27.8 Å². The van der Waals surface area contributed by atoms with E-state index < -0.39 is 0 Å². The van der Waals surface area contributed by atoms with Gasteiger partial charge < -0.3 is 0 Å². The molecule has 0 saturated carbocycles. The maximum absolute atomic E-state index is 2.49. The van der Waals surface area contributed by atoms with E-state index in [2.05, 4.69) is 105 Å². The van der Waals surface area contributed by atoms with E-state index in [1.54, 1.807) is 0 Å². The highest BCUT2D eigenvalue weighted by atomic mass is 14.5. The van der Waals surface area contributed by atoms with E-state index in [9.17, 15) is 0 Å². The Balaban J connectivity index is 2.15. The lowest BCUT2D eigenvalue weighted by Crippen LogP contribution is -2.24. The summed E-state index contributed by atoms with van der Waals surface area (Å²) in [5, 5.41) is 0. The van der Waals surface area contributed by atoms with Crippen molar-refractivity contribution in [3.8, 4) is 0 Å². The SMILES string of the molecule is CC(C)(C)c1ccc(C2(C)CC(C)(C)c3ccc(C(C)(C)C)cc32)cc1. The maximum atomic E-state index is 2.49. The largest absolute Gasteiger partial charge is 0.0582 e. The van der Waals surface area contributed by atoms with Crippen LogP contribution >= 0.6 is 0 Å². The van der Waals surface area contributed by atoms with Gasteiger partial charge in [-0.05, 0) is 50.5 Å². The molecule has 1 atom stereocenters. The van der Waals surface area contributed by atoms with Crippen LogP contribution in [0.25, 0.3) is 0 Å². The molecule has 0 radical (unpaired) electrons. The second-order valence-corrected chi connectivity index (χ2v) is 11.2. The summed E-state index contributed by atoms with van der Waals surface area (Å²) in [6, 6.07) is 16.6. The predicted molar refractivity (Wildman–Crippen MR) is 114 cm³/mol. The van der Waals surface area contributed by atoms with Gasteiger partial charge in [0.05, 0.1) is 0 Å². The van der Waals surface area contributed by atoms with Gasteiger partial charge in [-0.25, -0.2) is 0 Å². The van der Waals surface area contributed by atoms with Gasteiger partial charge in [0.25, 0.3) is 0 Å². The van der Waals surface area contributed by atoms with Crippen LogP contribution in [-0.2, 0) is 21.7 Å². The zero-order valence-corrected chi connectivity index (χ0v) is 18.2. The van der Waals surface area contributed by atoms with Gasteiger partial charge >= 0.3 is 0 Å². The third-order valence-corrected chi connectivity index (χ3v) is 6.39. The van der Waals surface area contributed by atoms with Crippen molar-refractivity contribution in [2.45, 2.75) is 90.4 Å². The fourth-order valence-corrected chi connectivity index (χ4v) is 4.73. The van der Waals surface area contributed by atoms with Crippen LogP contribution in [0.1, 0.15) is 96.6 Å². The van der Waals surface area contributed by atoms with Crippen molar-refractivity contribution in [2.24, 2.45) is 0 Å². The Morgan fingerprint density at radius 1 is 0.654 bits per heavy atom. The standard InChI is InChI=1S/C26H36/c1-23(2,3)18-10-12-19(13-11-18)26(9)17-25(7,8)21-15-14-20(16-22(21)26)24(4,5)6/h10-16H,17H2,1-9H3. The van der Waals surface area contributed by atoms with Crippen LogP contribution < -0.4 is 0 Å². The van der Waals surface area contributed by atoms with E-state index in [1.807, 2.05) is 0 Å². The van der Waals surface area contributed by atoms with Crippen LogP contribution in [0.4, 0.5) is 0 Å². The lowest BCUT2D eigenvalue weighted by Gasteiger charge is -2.30. The molecule has 140 valence electrons. The van der Waals surface area contributed by atoms with Crippen LogP contribution in [-0.4, -0.2) is 0 Å². The van der Waals surface area contributed by atoms with Crippen LogP contribution in [0.3, 0.4) is 0 Å². The van der Waals surface area contributed by atoms with Crippen molar-refractivity contribution in [3.63, 3.8) is 0 Å².